The molecular weight excluding hydrogens is 222 g/mol. The molecule has 0 N–H and O–H groups in total. The largest absolute Gasteiger partial charge is 0.275 e. The Bertz CT molecular complexity index is 646. The van der Waals surface area contributed by atoms with Gasteiger partial charge in [0.05, 0.1) is 17.7 Å². The number of rotatable bonds is 1. The van der Waals surface area contributed by atoms with Crippen molar-refractivity contribution in [1.82, 2.24) is 9.78 Å². The van der Waals surface area contributed by atoms with E-state index in [-0.39, 0.29) is 5.92 Å². The van der Waals surface area contributed by atoms with Crippen molar-refractivity contribution in [2.24, 2.45) is 7.05 Å². The van der Waals surface area contributed by atoms with Crippen LogP contribution in [0.4, 0.5) is 0 Å². The van der Waals surface area contributed by atoms with Crippen LogP contribution in [0.1, 0.15) is 29.2 Å². The number of aryl methyl sites for hydroxylation is 2. The Labute approximate surface area is 107 Å². The third-order valence-corrected chi connectivity index (χ3v) is 3.73. The molecule has 1 heterocycles. The summed E-state index contributed by atoms with van der Waals surface area (Å²) in [5, 5.41) is 13.6. The summed E-state index contributed by atoms with van der Waals surface area (Å²) >= 11 is 0. The molecule has 1 atom stereocenters. The number of hydrogen-bond acceptors (Lipinski definition) is 2. The van der Waals surface area contributed by atoms with Gasteiger partial charge in [0.25, 0.3) is 0 Å². The van der Waals surface area contributed by atoms with E-state index >= 15 is 0 Å². The Balaban J connectivity index is 2.19. The van der Waals surface area contributed by atoms with Crippen LogP contribution in [0.25, 0.3) is 11.1 Å². The fourth-order valence-electron chi connectivity index (χ4n) is 2.90. The molecule has 0 spiro atoms. The lowest BCUT2D eigenvalue weighted by Crippen LogP contribution is -1.91. The van der Waals surface area contributed by atoms with Gasteiger partial charge in [-0.25, -0.2) is 0 Å². The van der Waals surface area contributed by atoms with Crippen LogP contribution >= 0.6 is 0 Å². The van der Waals surface area contributed by atoms with Crippen molar-refractivity contribution in [2.45, 2.75) is 25.7 Å². The molecule has 0 aliphatic heterocycles. The molecule has 90 valence electrons. The van der Waals surface area contributed by atoms with Gasteiger partial charge in [-0.15, -0.1) is 0 Å². The predicted octanol–water partition coefficient (Wildman–Crippen LogP) is 2.95. The van der Waals surface area contributed by atoms with Crippen molar-refractivity contribution in [1.29, 1.82) is 5.26 Å². The molecular formula is C15H15N3. The zero-order chi connectivity index (χ0) is 12.7. The van der Waals surface area contributed by atoms with Crippen molar-refractivity contribution in [2.75, 3.05) is 0 Å². The predicted molar refractivity (Wildman–Crippen MR) is 70.1 cm³/mol. The van der Waals surface area contributed by atoms with E-state index in [2.05, 4.69) is 35.6 Å². The van der Waals surface area contributed by atoms with Gasteiger partial charge in [0, 0.05) is 18.8 Å². The molecule has 1 aliphatic carbocycles. The van der Waals surface area contributed by atoms with Crippen molar-refractivity contribution < 1.29 is 0 Å². The maximum Gasteiger partial charge on any atom is 0.0718 e. The topological polar surface area (TPSA) is 41.6 Å². The first-order chi connectivity index (χ1) is 8.70. The van der Waals surface area contributed by atoms with Crippen molar-refractivity contribution >= 4 is 0 Å². The van der Waals surface area contributed by atoms with Crippen LogP contribution in [0.3, 0.4) is 0 Å². The molecule has 2 aromatic rings. The number of hydrogen-bond donors (Lipinski definition) is 0. The molecule has 0 saturated carbocycles. The summed E-state index contributed by atoms with van der Waals surface area (Å²) in [5.74, 6) is 0.0666. The normalized spacial score (nSPS) is 17.5. The summed E-state index contributed by atoms with van der Waals surface area (Å²) in [5.41, 5.74) is 6.02. The summed E-state index contributed by atoms with van der Waals surface area (Å²) in [6.07, 6.45) is 4.00. The van der Waals surface area contributed by atoms with Gasteiger partial charge in [0.15, 0.2) is 0 Å². The van der Waals surface area contributed by atoms with Crippen LogP contribution in [0.2, 0.25) is 0 Å². The van der Waals surface area contributed by atoms with E-state index in [9.17, 15) is 0 Å². The van der Waals surface area contributed by atoms with E-state index in [4.69, 9.17) is 5.26 Å². The summed E-state index contributed by atoms with van der Waals surface area (Å²) < 4.78 is 1.85. The highest BCUT2D eigenvalue weighted by Gasteiger charge is 2.25. The maximum atomic E-state index is 9.17. The molecule has 3 nitrogen and oxygen atoms in total. The van der Waals surface area contributed by atoms with Gasteiger partial charge in [-0.05, 0) is 36.5 Å². The first-order valence-corrected chi connectivity index (χ1v) is 6.22. The summed E-state index contributed by atoms with van der Waals surface area (Å²) in [7, 11) is 1.94. The Kier molecular flexibility index (Phi) is 2.45. The summed E-state index contributed by atoms with van der Waals surface area (Å²) in [4.78, 5) is 0. The summed E-state index contributed by atoms with van der Waals surface area (Å²) in [6.45, 7) is 2.03. The van der Waals surface area contributed by atoms with Gasteiger partial charge >= 0.3 is 0 Å². The van der Waals surface area contributed by atoms with Crippen molar-refractivity contribution in [3.63, 3.8) is 0 Å². The molecule has 1 aromatic heterocycles. The fraction of sp³-hybridized carbons (Fsp3) is 0.333. The van der Waals surface area contributed by atoms with Gasteiger partial charge < -0.3 is 0 Å². The summed E-state index contributed by atoms with van der Waals surface area (Å²) in [6, 6.07) is 8.68. The minimum Gasteiger partial charge on any atom is -0.275 e. The van der Waals surface area contributed by atoms with Gasteiger partial charge in [-0.2, -0.15) is 10.4 Å². The molecule has 1 unspecified atom stereocenters. The molecule has 1 aromatic carbocycles. The molecule has 18 heavy (non-hydrogen) atoms. The van der Waals surface area contributed by atoms with Crippen LogP contribution in [-0.4, -0.2) is 9.78 Å². The first kappa shape index (κ1) is 11.0. The second-order valence-corrected chi connectivity index (χ2v) is 4.90. The Morgan fingerprint density at radius 1 is 1.39 bits per heavy atom. The van der Waals surface area contributed by atoms with Gasteiger partial charge in [-0.1, -0.05) is 18.2 Å². The average Bonchev–Trinajstić information content (AvgIpc) is 2.91. The van der Waals surface area contributed by atoms with E-state index in [1.54, 1.807) is 0 Å². The SMILES string of the molecule is Cc1nn(C)cc1-c1cccc2c1CCC2C#N. The van der Waals surface area contributed by atoms with Crippen LogP contribution in [0.15, 0.2) is 24.4 Å². The smallest absolute Gasteiger partial charge is 0.0718 e. The van der Waals surface area contributed by atoms with Gasteiger partial charge in [0.2, 0.25) is 0 Å². The molecule has 0 amide bonds. The van der Waals surface area contributed by atoms with Crippen LogP contribution in [-0.2, 0) is 13.5 Å². The Hall–Kier alpha value is -2.08. The maximum absolute atomic E-state index is 9.17. The molecule has 0 bridgehead atoms. The molecule has 0 saturated heterocycles. The van der Waals surface area contributed by atoms with E-state index < -0.39 is 0 Å². The highest BCUT2D eigenvalue weighted by molar-refractivity contribution is 5.71. The monoisotopic (exact) mass is 237 g/mol. The number of nitrogens with zero attached hydrogens (tertiary/aromatic N) is 3. The lowest BCUT2D eigenvalue weighted by Gasteiger charge is -2.08. The first-order valence-electron chi connectivity index (χ1n) is 6.22. The van der Waals surface area contributed by atoms with Crippen LogP contribution in [0.5, 0.6) is 0 Å². The highest BCUT2D eigenvalue weighted by Crippen LogP contribution is 2.39. The highest BCUT2D eigenvalue weighted by atomic mass is 15.2. The fourth-order valence-corrected chi connectivity index (χ4v) is 2.90. The van der Waals surface area contributed by atoms with E-state index in [1.807, 2.05) is 18.7 Å². The van der Waals surface area contributed by atoms with Crippen LogP contribution < -0.4 is 0 Å². The van der Waals surface area contributed by atoms with E-state index in [1.165, 1.54) is 22.3 Å². The number of benzene rings is 1. The lowest BCUT2D eigenvalue weighted by molar-refractivity contribution is 0.756. The third kappa shape index (κ3) is 1.53. The second kappa shape index (κ2) is 3.99. The standard InChI is InChI=1S/C15H15N3/c1-10-15(9-18(2)17-10)13-5-3-4-12-11(8-16)6-7-14(12)13/h3-5,9,11H,6-7H2,1-2H3. The van der Waals surface area contributed by atoms with Crippen LogP contribution in [0, 0.1) is 18.3 Å². The van der Waals surface area contributed by atoms with Gasteiger partial charge in [-0.3, -0.25) is 4.68 Å². The number of aromatic nitrogens is 2. The minimum absolute atomic E-state index is 0.0666. The molecule has 3 rings (SSSR count). The van der Waals surface area contributed by atoms with E-state index in [0.717, 1.165) is 18.5 Å². The molecule has 3 heteroatoms. The quantitative estimate of drug-likeness (QED) is 0.765. The molecule has 0 fully saturated rings. The van der Waals surface area contributed by atoms with E-state index in [0.29, 0.717) is 0 Å². The van der Waals surface area contributed by atoms with Crippen molar-refractivity contribution in [3.05, 3.63) is 41.2 Å². The lowest BCUT2D eigenvalue weighted by atomic mass is 9.95. The number of nitriles is 1. The second-order valence-electron chi connectivity index (χ2n) is 4.90. The molecule has 0 radical (unpaired) electrons. The van der Waals surface area contributed by atoms with Crippen molar-refractivity contribution in [3.8, 4) is 17.2 Å². The minimum atomic E-state index is 0.0666. The number of fused-ring (bicyclic) bond motifs is 1. The zero-order valence-electron chi connectivity index (χ0n) is 10.6. The van der Waals surface area contributed by atoms with Gasteiger partial charge in [0.1, 0.15) is 0 Å². The third-order valence-electron chi connectivity index (χ3n) is 3.73. The zero-order valence-corrected chi connectivity index (χ0v) is 10.6. The Morgan fingerprint density at radius 3 is 2.89 bits per heavy atom. The Morgan fingerprint density at radius 2 is 2.22 bits per heavy atom. The average molecular weight is 237 g/mol. The molecule has 1 aliphatic rings.